The van der Waals surface area contributed by atoms with E-state index < -0.39 is 17.8 Å². The van der Waals surface area contributed by atoms with Crippen molar-refractivity contribution in [3.8, 4) is 11.3 Å². The van der Waals surface area contributed by atoms with Gasteiger partial charge in [0.2, 0.25) is 5.91 Å². The number of aromatic nitrogens is 1. The molecule has 0 saturated carbocycles. The summed E-state index contributed by atoms with van der Waals surface area (Å²) in [6.45, 7) is 3.56. The Morgan fingerprint density at radius 3 is 2.71 bits per heavy atom. The minimum absolute atomic E-state index is 0.113. The summed E-state index contributed by atoms with van der Waals surface area (Å²) >= 11 is 0. The van der Waals surface area contributed by atoms with E-state index in [0.29, 0.717) is 11.4 Å². The van der Waals surface area contributed by atoms with Crippen molar-refractivity contribution in [3.63, 3.8) is 0 Å². The SMILES string of the molecule is CC1=CC=NC=C(NC(=O)N2CC(=O)N(C)c3ccc(-c4cccc(C(F)(F)F)c4)nc32)C1C. The number of hydrogen-bond donors (Lipinski definition) is 1. The van der Waals surface area contributed by atoms with Crippen LogP contribution >= 0.6 is 0 Å². The van der Waals surface area contributed by atoms with Gasteiger partial charge in [-0.25, -0.2) is 9.78 Å². The Balaban J connectivity index is 1.71. The molecule has 7 nitrogen and oxygen atoms in total. The molecular formula is C24H22F3N5O2. The minimum atomic E-state index is -4.50. The monoisotopic (exact) mass is 469 g/mol. The molecule has 176 valence electrons. The van der Waals surface area contributed by atoms with Crippen molar-refractivity contribution >= 4 is 29.7 Å². The Kier molecular flexibility index (Phi) is 5.99. The fraction of sp³-hybridized carbons (Fsp3) is 0.250. The Labute approximate surface area is 194 Å². The first-order valence-electron chi connectivity index (χ1n) is 10.5. The van der Waals surface area contributed by atoms with Crippen LogP contribution in [0.25, 0.3) is 11.3 Å². The molecule has 2 aliphatic heterocycles. The number of fused-ring (bicyclic) bond motifs is 1. The zero-order valence-corrected chi connectivity index (χ0v) is 18.7. The van der Waals surface area contributed by atoms with Gasteiger partial charge < -0.3 is 10.2 Å². The fourth-order valence-electron chi connectivity index (χ4n) is 3.65. The molecule has 3 heterocycles. The van der Waals surface area contributed by atoms with Gasteiger partial charge in [-0.15, -0.1) is 0 Å². The van der Waals surface area contributed by atoms with Crippen molar-refractivity contribution in [2.24, 2.45) is 10.9 Å². The lowest BCUT2D eigenvalue weighted by molar-refractivity contribution is -0.137. The molecular weight excluding hydrogens is 447 g/mol. The van der Waals surface area contributed by atoms with Gasteiger partial charge >= 0.3 is 12.2 Å². The molecule has 3 amide bonds. The van der Waals surface area contributed by atoms with Gasteiger partial charge in [-0.3, -0.25) is 14.7 Å². The van der Waals surface area contributed by atoms with Crippen LogP contribution in [0.5, 0.6) is 0 Å². The van der Waals surface area contributed by atoms with E-state index in [4.69, 9.17) is 0 Å². The first-order valence-corrected chi connectivity index (χ1v) is 10.5. The number of rotatable bonds is 2. The summed E-state index contributed by atoms with van der Waals surface area (Å²) in [6.07, 6.45) is 0.516. The molecule has 0 spiro atoms. The van der Waals surface area contributed by atoms with E-state index in [-0.39, 0.29) is 35.4 Å². The number of aliphatic imine (C=N–C) groups is 1. The number of pyridine rings is 1. The minimum Gasteiger partial charge on any atom is -0.311 e. The number of nitrogens with one attached hydrogen (secondary N) is 1. The van der Waals surface area contributed by atoms with Crippen LogP contribution in [0.2, 0.25) is 0 Å². The molecule has 0 saturated heterocycles. The van der Waals surface area contributed by atoms with Gasteiger partial charge in [0.05, 0.1) is 16.9 Å². The van der Waals surface area contributed by atoms with Gasteiger partial charge in [0.1, 0.15) is 6.54 Å². The molecule has 1 aromatic carbocycles. The average molecular weight is 469 g/mol. The molecule has 0 fully saturated rings. The summed E-state index contributed by atoms with van der Waals surface area (Å²) in [5, 5.41) is 2.81. The highest BCUT2D eigenvalue weighted by atomic mass is 19.4. The van der Waals surface area contributed by atoms with Gasteiger partial charge in [-0.05, 0) is 37.3 Å². The van der Waals surface area contributed by atoms with E-state index in [9.17, 15) is 22.8 Å². The average Bonchev–Trinajstić information content (AvgIpc) is 2.96. The molecule has 0 bridgehead atoms. The van der Waals surface area contributed by atoms with Gasteiger partial charge in [0.25, 0.3) is 0 Å². The lowest BCUT2D eigenvalue weighted by Gasteiger charge is -2.33. The Hall–Kier alpha value is -3.95. The van der Waals surface area contributed by atoms with Crippen molar-refractivity contribution < 1.29 is 22.8 Å². The number of hydrogen-bond acceptors (Lipinski definition) is 4. The lowest BCUT2D eigenvalue weighted by Crippen LogP contribution is -2.50. The molecule has 2 aromatic rings. The number of carbonyl (C=O) groups is 2. The normalized spacial score (nSPS) is 18.2. The third kappa shape index (κ3) is 4.43. The van der Waals surface area contributed by atoms with Crippen LogP contribution < -0.4 is 15.1 Å². The number of amides is 3. The van der Waals surface area contributed by atoms with Crippen molar-refractivity contribution in [1.29, 1.82) is 0 Å². The van der Waals surface area contributed by atoms with E-state index in [0.717, 1.165) is 17.7 Å². The second kappa shape index (κ2) is 8.77. The van der Waals surface area contributed by atoms with Gasteiger partial charge in [-0.2, -0.15) is 13.2 Å². The lowest BCUT2D eigenvalue weighted by atomic mass is 9.99. The maximum Gasteiger partial charge on any atom is 0.416 e. The second-order valence-corrected chi connectivity index (χ2v) is 8.10. The number of alkyl halides is 3. The quantitative estimate of drug-likeness (QED) is 0.689. The summed E-state index contributed by atoms with van der Waals surface area (Å²) in [5.41, 5.74) is 1.61. The molecule has 1 aromatic heterocycles. The van der Waals surface area contributed by atoms with E-state index in [2.05, 4.69) is 15.3 Å². The largest absolute Gasteiger partial charge is 0.416 e. The third-order valence-electron chi connectivity index (χ3n) is 5.91. The van der Waals surface area contributed by atoms with Crippen LogP contribution in [-0.2, 0) is 11.0 Å². The molecule has 0 aliphatic carbocycles. The fourth-order valence-corrected chi connectivity index (χ4v) is 3.65. The van der Waals surface area contributed by atoms with Crippen molar-refractivity contribution in [2.75, 3.05) is 23.4 Å². The van der Waals surface area contributed by atoms with Gasteiger partial charge in [0.15, 0.2) is 5.82 Å². The molecule has 10 heteroatoms. The highest BCUT2D eigenvalue weighted by Crippen LogP contribution is 2.36. The summed E-state index contributed by atoms with van der Waals surface area (Å²) in [5.74, 6) is -0.265. The zero-order valence-electron chi connectivity index (χ0n) is 18.7. The number of anilines is 2. The third-order valence-corrected chi connectivity index (χ3v) is 5.91. The molecule has 0 radical (unpaired) electrons. The van der Waals surface area contributed by atoms with E-state index in [1.54, 1.807) is 25.5 Å². The van der Waals surface area contributed by atoms with Crippen LogP contribution in [-0.4, -0.2) is 36.7 Å². The molecule has 34 heavy (non-hydrogen) atoms. The number of halogens is 3. The van der Waals surface area contributed by atoms with Crippen LogP contribution in [0.3, 0.4) is 0 Å². The summed E-state index contributed by atoms with van der Waals surface area (Å²) in [4.78, 5) is 36.9. The summed E-state index contributed by atoms with van der Waals surface area (Å²) in [7, 11) is 1.56. The maximum atomic E-state index is 13.2. The Morgan fingerprint density at radius 1 is 1.21 bits per heavy atom. The van der Waals surface area contributed by atoms with Gasteiger partial charge in [0, 0.05) is 36.6 Å². The topological polar surface area (TPSA) is 77.9 Å². The molecule has 1 N–H and O–H groups in total. The van der Waals surface area contributed by atoms with Gasteiger partial charge in [-0.1, -0.05) is 24.6 Å². The molecule has 1 atom stereocenters. The number of benzene rings is 1. The highest BCUT2D eigenvalue weighted by Gasteiger charge is 2.34. The van der Waals surface area contributed by atoms with E-state index in [1.807, 2.05) is 19.9 Å². The number of nitrogens with zero attached hydrogens (tertiary/aromatic N) is 4. The predicted octanol–water partition coefficient (Wildman–Crippen LogP) is 4.77. The van der Waals surface area contributed by atoms with Crippen LogP contribution in [0.1, 0.15) is 19.4 Å². The van der Waals surface area contributed by atoms with Crippen molar-refractivity contribution in [1.82, 2.24) is 10.3 Å². The second-order valence-electron chi connectivity index (χ2n) is 8.10. The van der Waals surface area contributed by atoms with Crippen LogP contribution in [0, 0.1) is 5.92 Å². The summed E-state index contributed by atoms with van der Waals surface area (Å²) in [6, 6.07) is 7.31. The molecule has 2 aliphatic rings. The summed E-state index contributed by atoms with van der Waals surface area (Å²) < 4.78 is 39.6. The maximum absolute atomic E-state index is 13.2. The smallest absolute Gasteiger partial charge is 0.311 e. The number of allylic oxidation sites excluding steroid dienone is 2. The van der Waals surface area contributed by atoms with Crippen molar-refractivity contribution in [3.05, 3.63) is 65.5 Å². The Bertz CT molecular complexity index is 1250. The number of urea groups is 1. The van der Waals surface area contributed by atoms with Crippen molar-refractivity contribution in [2.45, 2.75) is 20.0 Å². The van der Waals surface area contributed by atoms with E-state index >= 15 is 0 Å². The van der Waals surface area contributed by atoms with Crippen LogP contribution in [0.4, 0.5) is 29.5 Å². The standard InChI is InChI=1S/C24H22F3N5O2/c1-14-9-10-28-12-19(15(14)2)30-23(34)32-13-21(33)31(3)20-8-7-18(29-22(20)32)16-5-4-6-17(11-16)24(25,26)27/h4-12,15H,13H2,1-3H3,(H,30,34). The predicted molar refractivity (Wildman–Crippen MR) is 123 cm³/mol. The zero-order chi connectivity index (χ0) is 24.6. The molecule has 4 rings (SSSR count). The Morgan fingerprint density at radius 2 is 1.97 bits per heavy atom. The number of likely N-dealkylation sites (N-methyl/N-ethyl adjacent to an activating group) is 1. The molecule has 1 unspecified atom stereocenters. The number of carbonyl (C=O) groups excluding carboxylic acids is 2. The van der Waals surface area contributed by atoms with E-state index in [1.165, 1.54) is 28.0 Å². The first-order chi connectivity index (χ1) is 16.1. The van der Waals surface area contributed by atoms with Crippen LogP contribution in [0.15, 0.2) is 64.9 Å². The first kappa shape index (κ1) is 23.2. The highest BCUT2D eigenvalue weighted by molar-refractivity contribution is 6.10.